The number of hydrogen-bond donors (Lipinski definition) is 2. The van der Waals surface area contributed by atoms with Crippen LogP contribution in [0.2, 0.25) is 0 Å². The maximum absolute atomic E-state index is 11.8. The van der Waals surface area contributed by atoms with Gasteiger partial charge in [0, 0.05) is 19.3 Å². The molecule has 10 atom stereocenters. The number of carbonyl (C=O) groups excluding carboxylic acids is 1. The van der Waals surface area contributed by atoms with Crippen molar-refractivity contribution in [3.8, 4) is 0 Å². The minimum atomic E-state index is -0.955. The average Bonchev–Trinajstić information content (AvgIpc) is 3.46. The molecule has 1 saturated heterocycles. The summed E-state index contributed by atoms with van der Waals surface area (Å²) in [5.41, 5.74) is 2.64. The fourth-order valence-corrected chi connectivity index (χ4v) is 5.42. The minimum absolute atomic E-state index is 0.118. The normalized spacial score (nSPS) is 39.1. The zero-order chi connectivity index (χ0) is 25.7. The Bertz CT molecular complexity index is 840. The third-order valence-electron chi connectivity index (χ3n) is 8.01. The largest absolute Gasteiger partial charge is 0.390 e. The van der Waals surface area contributed by atoms with Gasteiger partial charge in [-0.3, -0.25) is 4.79 Å². The zero-order valence-corrected chi connectivity index (χ0v) is 22.4. The van der Waals surface area contributed by atoms with E-state index in [9.17, 15) is 15.0 Å². The Morgan fingerprint density at radius 3 is 2.57 bits per heavy atom. The molecule has 2 fully saturated rings. The van der Waals surface area contributed by atoms with Crippen molar-refractivity contribution in [2.24, 2.45) is 23.7 Å². The Hall–Kier alpha value is -1.53. The number of aliphatic hydroxyl groups excluding tert-OH is 2. The molecule has 0 bridgehead atoms. The highest BCUT2D eigenvalue weighted by Gasteiger charge is 2.43. The van der Waals surface area contributed by atoms with Crippen LogP contribution < -0.4 is 0 Å². The van der Waals surface area contributed by atoms with E-state index in [0.717, 1.165) is 12.8 Å². The Morgan fingerprint density at radius 1 is 1.17 bits per heavy atom. The van der Waals surface area contributed by atoms with E-state index in [1.54, 1.807) is 0 Å². The highest BCUT2D eigenvalue weighted by Crippen LogP contribution is 2.48. The van der Waals surface area contributed by atoms with Crippen molar-refractivity contribution in [3.63, 3.8) is 0 Å². The molecule has 1 aliphatic carbocycles. The van der Waals surface area contributed by atoms with E-state index in [1.807, 2.05) is 13.0 Å². The summed E-state index contributed by atoms with van der Waals surface area (Å²) in [6.45, 7) is 12.8. The summed E-state index contributed by atoms with van der Waals surface area (Å²) < 4.78 is 12.2. The smallest absolute Gasteiger partial charge is 0.135 e. The molecule has 2 aliphatic heterocycles. The number of rotatable bonds is 10. The first kappa shape index (κ1) is 28.0. The van der Waals surface area contributed by atoms with Crippen molar-refractivity contribution in [2.45, 2.75) is 110 Å². The van der Waals surface area contributed by atoms with E-state index < -0.39 is 18.3 Å². The second-order valence-corrected chi connectivity index (χ2v) is 10.9. The molecule has 3 rings (SSSR count). The van der Waals surface area contributed by atoms with Crippen molar-refractivity contribution in [1.29, 1.82) is 0 Å². The quantitative estimate of drug-likeness (QED) is 0.409. The van der Waals surface area contributed by atoms with Crippen molar-refractivity contribution >= 4 is 5.78 Å². The lowest BCUT2D eigenvalue weighted by Gasteiger charge is -2.35. The Morgan fingerprint density at radius 2 is 1.89 bits per heavy atom. The van der Waals surface area contributed by atoms with E-state index in [1.165, 1.54) is 11.1 Å². The van der Waals surface area contributed by atoms with Gasteiger partial charge >= 0.3 is 0 Å². The molecule has 0 unspecified atom stereocenters. The highest BCUT2D eigenvalue weighted by molar-refractivity contribution is 5.78. The third kappa shape index (κ3) is 7.48. The summed E-state index contributed by atoms with van der Waals surface area (Å²) in [6.07, 6.45) is 13.9. The molecule has 1 saturated carbocycles. The van der Waals surface area contributed by atoms with Gasteiger partial charge in [0.05, 0.1) is 24.4 Å². The predicted octanol–water partition coefficient (Wildman–Crippen LogP) is 5.33. The maximum Gasteiger partial charge on any atom is 0.135 e. The number of allylic oxidation sites excluding steroid dienone is 4. The van der Waals surface area contributed by atoms with Crippen LogP contribution >= 0.6 is 0 Å². The van der Waals surface area contributed by atoms with Crippen molar-refractivity contribution in [3.05, 3.63) is 47.6 Å². The number of Topliss-reactive ketones (excluding diaryl/α,β-unsaturated/α-hetero) is 1. The number of aliphatic hydroxyl groups is 2. The van der Waals surface area contributed by atoms with Gasteiger partial charge in [-0.15, -0.1) is 0 Å². The van der Waals surface area contributed by atoms with Crippen LogP contribution in [0.5, 0.6) is 0 Å². The molecule has 196 valence electrons. The second-order valence-electron chi connectivity index (χ2n) is 10.9. The average molecular weight is 487 g/mol. The van der Waals surface area contributed by atoms with Crippen molar-refractivity contribution < 1.29 is 24.5 Å². The fourth-order valence-electron chi connectivity index (χ4n) is 5.42. The Balaban J connectivity index is 1.53. The molecule has 5 heteroatoms. The molecule has 5 nitrogen and oxygen atoms in total. The molecule has 0 aromatic rings. The lowest BCUT2D eigenvalue weighted by molar-refractivity contribution is -0.156. The first-order chi connectivity index (χ1) is 16.6. The van der Waals surface area contributed by atoms with Gasteiger partial charge < -0.3 is 19.7 Å². The van der Waals surface area contributed by atoms with Gasteiger partial charge in [0.1, 0.15) is 18.0 Å². The topological polar surface area (TPSA) is 76.0 Å². The number of carbonyl (C=O) groups is 1. The van der Waals surface area contributed by atoms with Gasteiger partial charge in [-0.25, -0.2) is 0 Å². The van der Waals surface area contributed by atoms with Crippen LogP contribution in [0.1, 0.15) is 73.6 Å². The maximum atomic E-state index is 11.8. The van der Waals surface area contributed by atoms with Gasteiger partial charge in [0.25, 0.3) is 0 Å². The summed E-state index contributed by atoms with van der Waals surface area (Å²) in [7, 11) is 0. The van der Waals surface area contributed by atoms with Gasteiger partial charge in [0.2, 0.25) is 0 Å². The van der Waals surface area contributed by atoms with Crippen LogP contribution in [-0.2, 0) is 14.3 Å². The minimum Gasteiger partial charge on any atom is -0.390 e. The summed E-state index contributed by atoms with van der Waals surface area (Å²) in [6, 6.07) is 0. The first-order valence-electron chi connectivity index (χ1n) is 13.5. The molecule has 2 heterocycles. The predicted molar refractivity (Wildman–Crippen MR) is 140 cm³/mol. The fraction of sp³-hybridized carbons (Fsp3) is 0.700. The van der Waals surface area contributed by atoms with Crippen molar-refractivity contribution in [2.75, 3.05) is 0 Å². The van der Waals surface area contributed by atoms with Gasteiger partial charge in [0.15, 0.2) is 0 Å². The number of hydrogen-bond acceptors (Lipinski definition) is 5. The van der Waals surface area contributed by atoms with E-state index in [2.05, 4.69) is 65.0 Å². The SMILES string of the molecule is CCC(=O)C[C@@H]1C[C@H](O)[C@@H](O)[C@H](/C=C/[C@H]2[C@H](C)[C@@H]2/C=C/[C@@H](C)/C=C(\C)[C@H]2CC=C(C)[C@@H](CC)O2)O1. The summed E-state index contributed by atoms with van der Waals surface area (Å²) >= 11 is 0. The molecular formula is C30H46O5. The second kappa shape index (κ2) is 12.6. The lowest BCUT2D eigenvalue weighted by atomic mass is 9.94. The van der Waals surface area contributed by atoms with Crippen LogP contribution in [0.3, 0.4) is 0 Å². The molecule has 2 N–H and O–H groups in total. The van der Waals surface area contributed by atoms with Gasteiger partial charge in [-0.05, 0) is 61.5 Å². The molecule has 0 amide bonds. The standard InChI is InChI=1S/C30H46O5/c1-7-22(31)16-23-17-26(32)30(33)29(34-23)14-12-25-21(6)24(25)11-9-18(3)15-20(5)28-13-10-19(4)27(8-2)35-28/h9-12,14-15,18,21,23-30,32-33H,7-8,13,16-17H2,1-6H3/b11-9+,14-12+,20-15+/t18-,21-,23-,24+,25+,26+,27-,28-,29+,30-/m1/s1. The molecule has 3 aliphatic rings. The Kier molecular flexibility index (Phi) is 10.1. The molecule has 0 aromatic heterocycles. The zero-order valence-electron chi connectivity index (χ0n) is 22.4. The summed E-state index contributed by atoms with van der Waals surface area (Å²) in [4.78, 5) is 11.8. The monoisotopic (exact) mass is 486 g/mol. The molecule has 0 radical (unpaired) electrons. The molecule has 0 aromatic carbocycles. The lowest BCUT2D eigenvalue weighted by Crippen LogP contribution is -2.47. The van der Waals surface area contributed by atoms with Crippen LogP contribution in [0.15, 0.2) is 47.6 Å². The molecule has 35 heavy (non-hydrogen) atoms. The summed E-state index contributed by atoms with van der Waals surface area (Å²) in [5.74, 6) is 1.84. The van der Waals surface area contributed by atoms with E-state index in [0.29, 0.717) is 42.9 Å². The molecular weight excluding hydrogens is 440 g/mol. The molecule has 0 spiro atoms. The Labute approximate surface area is 212 Å². The summed E-state index contributed by atoms with van der Waals surface area (Å²) in [5, 5.41) is 20.6. The first-order valence-corrected chi connectivity index (χ1v) is 13.5. The van der Waals surface area contributed by atoms with Gasteiger partial charge in [-0.1, -0.05) is 64.2 Å². The van der Waals surface area contributed by atoms with Gasteiger partial charge in [-0.2, -0.15) is 0 Å². The third-order valence-corrected chi connectivity index (χ3v) is 8.01. The van der Waals surface area contributed by atoms with Crippen LogP contribution in [0, 0.1) is 23.7 Å². The number of ketones is 1. The highest BCUT2D eigenvalue weighted by atomic mass is 16.5. The van der Waals surface area contributed by atoms with Crippen molar-refractivity contribution in [1.82, 2.24) is 0 Å². The number of ether oxygens (including phenoxy) is 2. The van der Waals surface area contributed by atoms with Crippen LogP contribution in [0.25, 0.3) is 0 Å². The van der Waals surface area contributed by atoms with Crippen LogP contribution in [-0.4, -0.2) is 52.6 Å². The van der Waals surface area contributed by atoms with E-state index in [-0.39, 0.29) is 24.1 Å². The van der Waals surface area contributed by atoms with E-state index >= 15 is 0 Å². The van der Waals surface area contributed by atoms with E-state index in [4.69, 9.17) is 9.47 Å². The van der Waals surface area contributed by atoms with Crippen LogP contribution in [0.4, 0.5) is 0 Å².